The van der Waals surface area contributed by atoms with E-state index >= 15 is 0 Å². The third-order valence-corrected chi connectivity index (χ3v) is 7.32. The molecule has 0 N–H and O–H groups in total. The molecule has 2 atom stereocenters. The van der Waals surface area contributed by atoms with Crippen LogP contribution in [0.25, 0.3) is 0 Å². The molecule has 0 fully saturated rings. The molecule has 2 aromatic carbocycles. The van der Waals surface area contributed by atoms with E-state index in [0.29, 0.717) is 0 Å². The molecule has 2 unspecified atom stereocenters. The summed E-state index contributed by atoms with van der Waals surface area (Å²) >= 11 is 0. The third kappa shape index (κ3) is 2.40. The predicted octanol–water partition coefficient (Wildman–Crippen LogP) is 4.32. The molecule has 1 aliphatic heterocycles. The highest BCUT2D eigenvalue weighted by molar-refractivity contribution is 7.80. The van der Waals surface area contributed by atoms with Crippen LogP contribution >= 0.6 is 16.3 Å². The zero-order valence-corrected chi connectivity index (χ0v) is 11.9. The van der Waals surface area contributed by atoms with Crippen molar-refractivity contribution in [3.05, 3.63) is 71.8 Å². The van der Waals surface area contributed by atoms with Crippen LogP contribution in [-0.2, 0) is 4.31 Å². The fourth-order valence-corrected chi connectivity index (χ4v) is 6.61. The van der Waals surface area contributed by atoms with Gasteiger partial charge in [-0.3, -0.25) is 0 Å². The first kappa shape index (κ1) is 12.1. The van der Waals surface area contributed by atoms with Crippen molar-refractivity contribution in [2.75, 3.05) is 0 Å². The highest BCUT2D eigenvalue weighted by atomic mass is 31.2. The second-order valence-corrected chi connectivity index (χ2v) is 8.03. The smallest absolute Gasteiger partial charge is 0.0933 e. The van der Waals surface area contributed by atoms with Gasteiger partial charge in [0, 0.05) is 10.6 Å². The molecule has 0 amide bonds. The van der Waals surface area contributed by atoms with Gasteiger partial charge >= 0.3 is 0 Å². The molecule has 3 heteroatoms. The van der Waals surface area contributed by atoms with E-state index < -0.39 is 16.3 Å². The van der Waals surface area contributed by atoms with Gasteiger partial charge in [0.15, 0.2) is 0 Å². The lowest BCUT2D eigenvalue weighted by Crippen LogP contribution is -2.01. The maximum absolute atomic E-state index is 6.28. The summed E-state index contributed by atoms with van der Waals surface area (Å²) in [5.41, 5.74) is 0. The molecule has 0 bridgehead atoms. The monoisotopic (exact) mass is 272 g/mol. The minimum atomic E-state index is -0.576. The van der Waals surface area contributed by atoms with Crippen LogP contribution in [-0.4, -0.2) is 0 Å². The molecule has 1 heterocycles. The van der Waals surface area contributed by atoms with E-state index in [0.717, 1.165) is 0 Å². The lowest BCUT2D eigenvalue weighted by atomic mass is 10.4. The van der Waals surface area contributed by atoms with E-state index in [2.05, 4.69) is 61.3 Å². The van der Waals surface area contributed by atoms with Gasteiger partial charge < -0.3 is 4.31 Å². The van der Waals surface area contributed by atoms with Crippen LogP contribution in [0, 0.1) is 0 Å². The van der Waals surface area contributed by atoms with Gasteiger partial charge in [-0.2, -0.15) is 0 Å². The number of hydrogen-bond acceptors (Lipinski definition) is 1. The first-order chi connectivity index (χ1) is 8.84. The zero-order valence-electron chi connectivity index (χ0n) is 10.2. The molecule has 0 aromatic heterocycles. The molecule has 0 radical (unpaired) electrons. The summed E-state index contributed by atoms with van der Waals surface area (Å²) in [4.78, 5) is 0. The summed E-state index contributed by atoms with van der Waals surface area (Å²) < 4.78 is 6.28. The van der Waals surface area contributed by atoms with Crippen LogP contribution in [0.3, 0.4) is 0 Å². The van der Waals surface area contributed by atoms with Gasteiger partial charge in [0.25, 0.3) is 0 Å². The largest absolute Gasteiger partial charge is 0.319 e. The van der Waals surface area contributed by atoms with E-state index in [1.807, 2.05) is 12.1 Å². The number of hydrogen-bond donors (Lipinski definition) is 0. The fourth-order valence-electron chi connectivity index (χ4n) is 1.91. The maximum atomic E-state index is 6.28. The Morgan fingerprint density at radius 2 is 1.33 bits per heavy atom. The zero-order chi connectivity index (χ0) is 12.4. The molecule has 2 aromatic rings. The SMILES string of the molecule is CC1=CP(c2ccccc2)OP1c1ccccc1. The Hall–Kier alpha value is -1.00. The van der Waals surface area contributed by atoms with Crippen LogP contribution in [0.4, 0.5) is 0 Å². The molecule has 0 spiro atoms. The van der Waals surface area contributed by atoms with Crippen LogP contribution in [0.5, 0.6) is 0 Å². The molecular weight excluding hydrogens is 258 g/mol. The normalized spacial score (nSPS) is 22.8. The summed E-state index contributed by atoms with van der Waals surface area (Å²) in [7, 11) is -1.15. The maximum Gasteiger partial charge on any atom is 0.0933 e. The lowest BCUT2D eigenvalue weighted by molar-refractivity contribution is 0.723. The molecule has 0 aliphatic carbocycles. The van der Waals surface area contributed by atoms with Gasteiger partial charge in [-0.05, 0) is 18.1 Å². The molecular formula is C15H14OP2. The summed E-state index contributed by atoms with van der Waals surface area (Å²) in [6.07, 6.45) is 0. The molecule has 0 saturated heterocycles. The van der Waals surface area contributed by atoms with Crippen molar-refractivity contribution in [2.24, 2.45) is 0 Å². The standard InChI is InChI=1S/C15H14OP2/c1-13-12-17(14-8-4-2-5-9-14)16-18(13)15-10-6-3-7-11-15/h2-12H,1H3. The van der Waals surface area contributed by atoms with Crippen LogP contribution < -0.4 is 10.6 Å². The van der Waals surface area contributed by atoms with E-state index in [1.54, 1.807) is 0 Å². The molecule has 1 aliphatic rings. The topological polar surface area (TPSA) is 9.23 Å². The molecule has 0 saturated carbocycles. The van der Waals surface area contributed by atoms with Crippen LogP contribution in [0.15, 0.2) is 71.8 Å². The van der Waals surface area contributed by atoms with Gasteiger partial charge in [-0.15, -0.1) is 0 Å². The lowest BCUT2D eigenvalue weighted by Gasteiger charge is -2.15. The first-order valence-electron chi connectivity index (χ1n) is 5.90. The average molecular weight is 272 g/mol. The van der Waals surface area contributed by atoms with Gasteiger partial charge in [0.1, 0.15) is 0 Å². The van der Waals surface area contributed by atoms with Crippen molar-refractivity contribution >= 4 is 26.9 Å². The first-order valence-corrected chi connectivity index (χ1v) is 8.49. The van der Waals surface area contributed by atoms with Crippen LogP contribution in [0.2, 0.25) is 0 Å². The fraction of sp³-hybridized carbons (Fsp3) is 0.0667. The van der Waals surface area contributed by atoms with Gasteiger partial charge in [-0.1, -0.05) is 60.7 Å². The van der Waals surface area contributed by atoms with Crippen LogP contribution in [0.1, 0.15) is 6.92 Å². The van der Waals surface area contributed by atoms with Crippen molar-refractivity contribution in [2.45, 2.75) is 6.92 Å². The summed E-state index contributed by atoms with van der Waals surface area (Å²) in [6.45, 7) is 2.18. The molecule has 1 nitrogen and oxygen atoms in total. The Morgan fingerprint density at radius 3 is 1.94 bits per heavy atom. The van der Waals surface area contributed by atoms with Gasteiger partial charge in [0.05, 0.1) is 16.3 Å². The highest BCUT2D eigenvalue weighted by Crippen LogP contribution is 2.64. The van der Waals surface area contributed by atoms with Gasteiger partial charge in [0.2, 0.25) is 0 Å². The molecule has 3 rings (SSSR count). The Bertz CT molecular complexity index is 551. The van der Waals surface area contributed by atoms with E-state index in [4.69, 9.17) is 4.31 Å². The summed E-state index contributed by atoms with van der Waals surface area (Å²) in [6, 6.07) is 21.0. The Kier molecular flexibility index (Phi) is 3.57. The molecule has 18 heavy (non-hydrogen) atoms. The Labute approximate surface area is 110 Å². The van der Waals surface area contributed by atoms with Crippen molar-refractivity contribution in [1.82, 2.24) is 0 Å². The number of allylic oxidation sites excluding steroid dienone is 1. The summed E-state index contributed by atoms with van der Waals surface area (Å²) in [5.74, 6) is 2.31. The van der Waals surface area contributed by atoms with Crippen molar-refractivity contribution in [3.8, 4) is 0 Å². The minimum absolute atomic E-state index is 0.574. The number of benzene rings is 2. The van der Waals surface area contributed by atoms with Crippen molar-refractivity contribution < 1.29 is 4.31 Å². The number of rotatable bonds is 2. The minimum Gasteiger partial charge on any atom is -0.319 e. The van der Waals surface area contributed by atoms with E-state index in [9.17, 15) is 0 Å². The van der Waals surface area contributed by atoms with E-state index in [1.165, 1.54) is 15.9 Å². The van der Waals surface area contributed by atoms with Crippen molar-refractivity contribution in [1.29, 1.82) is 0 Å². The van der Waals surface area contributed by atoms with Gasteiger partial charge in [-0.25, -0.2) is 0 Å². The Balaban J connectivity index is 1.86. The quantitative estimate of drug-likeness (QED) is 0.740. The third-order valence-electron chi connectivity index (χ3n) is 2.80. The second kappa shape index (κ2) is 5.33. The summed E-state index contributed by atoms with van der Waals surface area (Å²) in [5, 5.41) is 3.99. The highest BCUT2D eigenvalue weighted by Gasteiger charge is 2.27. The van der Waals surface area contributed by atoms with Crippen molar-refractivity contribution in [3.63, 3.8) is 0 Å². The molecule has 90 valence electrons. The second-order valence-electron chi connectivity index (χ2n) is 4.14. The van der Waals surface area contributed by atoms with E-state index in [-0.39, 0.29) is 0 Å². The Morgan fingerprint density at radius 1 is 0.778 bits per heavy atom. The predicted molar refractivity (Wildman–Crippen MR) is 80.8 cm³/mol. The average Bonchev–Trinajstić information content (AvgIpc) is 2.83.